The van der Waals surface area contributed by atoms with Gasteiger partial charge in [-0.1, -0.05) is 12.1 Å². The molecule has 0 saturated carbocycles. The molecule has 0 atom stereocenters. The van der Waals surface area contributed by atoms with Crippen LogP contribution in [0.4, 0.5) is 5.82 Å². The third-order valence-corrected chi connectivity index (χ3v) is 4.43. The van der Waals surface area contributed by atoms with E-state index in [9.17, 15) is 0 Å². The summed E-state index contributed by atoms with van der Waals surface area (Å²) in [5.41, 5.74) is 0. The van der Waals surface area contributed by atoms with Gasteiger partial charge in [0.15, 0.2) is 5.96 Å². The number of nitrogens with one attached hydrogen (secondary N) is 2. The average Bonchev–Trinajstić information content (AvgIpc) is 3.21. The highest BCUT2D eigenvalue weighted by Crippen LogP contribution is 2.17. The molecule has 6 nitrogen and oxygen atoms in total. The zero-order valence-electron chi connectivity index (χ0n) is 15.1. The van der Waals surface area contributed by atoms with E-state index in [2.05, 4.69) is 38.2 Å². The summed E-state index contributed by atoms with van der Waals surface area (Å²) in [7, 11) is 0. The number of aliphatic imine (C=N–C) groups is 1. The number of aromatic nitrogens is 1. The Labute approximate surface area is 155 Å². The van der Waals surface area contributed by atoms with E-state index >= 15 is 0 Å². The van der Waals surface area contributed by atoms with Crippen LogP contribution in [-0.2, 0) is 6.42 Å². The van der Waals surface area contributed by atoms with Crippen LogP contribution in [0.2, 0.25) is 0 Å². The van der Waals surface area contributed by atoms with Gasteiger partial charge in [-0.25, -0.2) is 4.98 Å². The minimum Gasteiger partial charge on any atom is -0.469 e. The maximum atomic E-state index is 5.36. The van der Waals surface area contributed by atoms with Crippen molar-refractivity contribution in [2.24, 2.45) is 4.99 Å². The Morgan fingerprint density at radius 3 is 2.88 bits per heavy atom. The summed E-state index contributed by atoms with van der Waals surface area (Å²) in [6.45, 7) is 7.14. The molecule has 0 amide bonds. The van der Waals surface area contributed by atoms with Crippen molar-refractivity contribution in [3.8, 4) is 0 Å². The number of pyridine rings is 1. The lowest BCUT2D eigenvalue weighted by atomic mass is 10.1. The average molecular weight is 353 g/mol. The van der Waals surface area contributed by atoms with E-state index in [1.165, 1.54) is 0 Å². The number of furan rings is 1. The predicted molar refractivity (Wildman–Crippen MR) is 106 cm³/mol. The van der Waals surface area contributed by atoms with E-state index in [0.717, 1.165) is 49.9 Å². The van der Waals surface area contributed by atoms with Crippen molar-refractivity contribution in [3.63, 3.8) is 0 Å². The molecule has 2 N–H and O–H groups in total. The number of nitrogens with zero attached hydrogens (tertiary/aromatic N) is 3. The second kappa shape index (κ2) is 9.65. The molecule has 0 bridgehead atoms. The first kappa shape index (κ1) is 18.0. The van der Waals surface area contributed by atoms with Crippen LogP contribution in [0.15, 0.2) is 64.9 Å². The SMILES string of the molecule is C=CCNC(=NCCc1ccco1)NC1CCN(c2ccccn2)CC1. The Kier molecular flexibility index (Phi) is 6.70. The summed E-state index contributed by atoms with van der Waals surface area (Å²) in [5, 5.41) is 6.86. The van der Waals surface area contributed by atoms with Crippen LogP contribution in [0.5, 0.6) is 0 Å². The fourth-order valence-electron chi connectivity index (χ4n) is 3.04. The zero-order chi connectivity index (χ0) is 18.0. The Hall–Kier alpha value is -2.76. The van der Waals surface area contributed by atoms with Crippen molar-refractivity contribution in [1.82, 2.24) is 15.6 Å². The van der Waals surface area contributed by atoms with E-state index in [1.54, 1.807) is 6.26 Å². The molecule has 1 aliphatic heterocycles. The van der Waals surface area contributed by atoms with E-state index in [1.807, 2.05) is 36.5 Å². The maximum Gasteiger partial charge on any atom is 0.191 e. The Morgan fingerprint density at radius 1 is 1.31 bits per heavy atom. The van der Waals surface area contributed by atoms with Gasteiger partial charge in [0, 0.05) is 44.8 Å². The molecule has 2 aromatic rings. The number of hydrogen-bond acceptors (Lipinski definition) is 4. The van der Waals surface area contributed by atoms with Gasteiger partial charge in [-0.2, -0.15) is 0 Å². The second-order valence-electron chi connectivity index (χ2n) is 6.32. The Bertz CT molecular complexity index is 675. The number of rotatable bonds is 7. The van der Waals surface area contributed by atoms with Crippen LogP contribution in [0.25, 0.3) is 0 Å². The van der Waals surface area contributed by atoms with Crippen molar-refractivity contribution in [3.05, 3.63) is 61.2 Å². The number of piperidine rings is 1. The molecule has 6 heteroatoms. The Morgan fingerprint density at radius 2 is 2.19 bits per heavy atom. The molecule has 0 unspecified atom stereocenters. The number of anilines is 1. The van der Waals surface area contributed by atoms with E-state index in [0.29, 0.717) is 19.1 Å². The minimum absolute atomic E-state index is 0.412. The van der Waals surface area contributed by atoms with Gasteiger partial charge in [-0.05, 0) is 37.1 Å². The lowest BCUT2D eigenvalue weighted by molar-refractivity contribution is 0.459. The second-order valence-corrected chi connectivity index (χ2v) is 6.32. The van der Waals surface area contributed by atoms with Gasteiger partial charge in [0.1, 0.15) is 11.6 Å². The monoisotopic (exact) mass is 353 g/mol. The number of hydrogen-bond donors (Lipinski definition) is 2. The fourth-order valence-corrected chi connectivity index (χ4v) is 3.04. The normalized spacial score (nSPS) is 15.7. The minimum atomic E-state index is 0.412. The number of guanidine groups is 1. The summed E-state index contributed by atoms with van der Waals surface area (Å²) >= 11 is 0. The molecule has 1 fully saturated rings. The molecule has 3 rings (SSSR count). The Balaban J connectivity index is 1.49. The van der Waals surface area contributed by atoms with Gasteiger partial charge >= 0.3 is 0 Å². The molecule has 0 spiro atoms. The molecule has 0 aliphatic carbocycles. The molecule has 0 aromatic carbocycles. The fraction of sp³-hybridized carbons (Fsp3) is 0.400. The highest BCUT2D eigenvalue weighted by Gasteiger charge is 2.20. The van der Waals surface area contributed by atoms with Crippen LogP contribution in [0.3, 0.4) is 0 Å². The van der Waals surface area contributed by atoms with Crippen LogP contribution >= 0.6 is 0 Å². The first-order valence-electron chi connectivity index (χ1n) is 9.19. The van der Waals surface area contributed by atoms with Crippen molar-refractivity contribution >= 4 is 11.8 Å². The van der Waals surface area contributed by atoms with Crippen LogP contribution < -0.4 is 15.5 Å². The molecule has 3 heterocycles. The molecule has 138 valence electrons. The maximum absolute atomic E-state index is 5.36. The summed E-state index contributed by atoms with van der Waals surface area (Å²) < 4.78 is 5.36. The topological polar surface area (TPSA) is 65.7 Å². The highest BCUT2D eigenvalue weighted by atomic mass is 16.3. The van der Waals surface area contributed by atoms with Crippen LogP contribution in [0, 0.1) is 0 Å². The van der Waals surface area contributed by atoms with Crippen LogP contribution in [-0.4, -0.2) is 43.2 Å². The molecule has 26 heavy (non-hydrogen) atoms. The van der Waals surface area contributed by atoms with E-state index in [-0.39, 0.29) is 0 Å². The first-order valence-corrected chi connectivity index (χ1v) is 9.19. The lowest BCUT2D eigenvalue weighted by Gasteiger charge is -2.33. The van der Waals surface area contributed by atoms with Crippen molar-refractivity contribution in [1.29, 1.82) is 0 Å². The smallest absolute Gasteiger partial charge is 0.191 e. The van der Waals surface area contributed by atoms with Gasteiger partial charge in [0.25, 0.3) is 0 Å². The van der Waals surface area contributed by atoms with Crippen molar-refractivity contribution < 1.29 is 4.42 Å². The predicted octanol–water partition coefficient (Wildman–Crippen LogP) is 2.61. The van der Waals surface area contributed by atoms with E-state index in [4.69, 9.17) is 4.42 Å². The molecular weight excluding hydrogens is 326 g/mol. The summed E-state index contributed by atoms with van der Waals surface area (Å²) in [6, 6.07) is 10.4. The molecule has 1 saturated heterocycles. The van der Waals surface area contributed by atoms with E-state index < -0.39 is 0 Å². The van der Waals surface area contributed by atoms with Gasteiger partial charge in [-0.3, -0.25) is 4.99 Å². The zero-order valence-corrected chi connectivity index (χ0v) is 15.1. The molecule has 1 aliphatic rings. The summed E-state index contributed by atoms with van der Waals surface area (Å²) in [6.07, 6.45) is 8.30. The largest absolute Gasteiger partial charge is 0.469 e. The van der Waals surface area contributed by atoms with Crippen molar-refractivity contribution in [2.75, 3.05) is 31.1 Å². The standard InChI is InChI=1S/C20H27N5O/c1-2-11-22-20(23-13-8-18-6-5-16-26-18)24-17-9-14-25(15-10-17)19-7-3-4-12-21-19/h2-7,12,16-17H,1,8-11,13-15H2,(H2,22,23,24). The molecular formula is C20H27N5O. The quantitative estimate of drug-likeness (QED) is 0.455. The third kappa shape index (κ3) is 5.37. The molecule has 2 aromatic heterocycles. The van der Waals surface area contributed by atoms with Gasteiger partial charge < -0.3 is 20.0 Å². The summed E-state index contributed by atoms with van der Waals surface area (Å²) in [5.74, 6) is 2.86. The third-order valence-electron chi connectivity index (χ3n) is 4.43. The van der Waals surface area contributed by atoms with Crippen LogP contribution in [0.1, 0.15) is 18.6 Å². The van der Waals surface area contributed by atoms with Gasteiger partial charge in [0.05, 0.1) is 6.26 Å². The molecule has 0 radical (unpaired) electrons. The highest BCUT2D eigenvalue weighted by molar-refractivity contribution is 5.80. The van der Waals surface area contributed by atoms with Gasteiger partial charge in [-0.15, -0.1) is 6.58 Å². The lowest BCUT2D eigenvalue weighted by Crippen LogP contribution is -2.49. The first-order chi connectivity index (χ1) is 12.8. The van der Waals surface area contributed by atoms with Gasteiger partial charge in [0.2, 0.25) is 0 Å². The van der Waals surface area contributed by atoms with Crippen molar-refractivity contribution in [2.45, 2.75) is 25.3 Å². The summed E-state index contributed by atoms with van der Waals surface area (Å²) in [4.78, 5) is 11.4.